The second-order valence-electron chi connectivity index (χ2n) is 6.12. The third kappa shape index (κ3) is 4.13. The average Bonchev–Trinajstić information content (AvgIpc) is 2.49. The maximum absolute atomic E-state index is 6.51. The van der Waals surface area contributed by atoms with E-state index in [-0.39, 0.29) is 6.04 Å². The van der Waals surface area contributed by atoms with Gasteiger partial charge < -0.3 is 15.2 Å². The number of rotatable bonds is 6. The second kappa shape index (κ2) is 7.69. The Balaban J connectivity index is 2.13. The van der Waals surface area contributed by atoms with E-state index in [2.05, 4.69) is 19.1 Å². The van der Waals surface area contributed by atoms with Crippen molar-refractivity contribution in [3.05, 3.63) is 23.8 Å². The summed E-state index contributed by atoms with van der Waals surface area (Å²) in [5, 5.41) is 0. The molecule has 0 bridgehead atoms. The molecule has 0 aliphatic heterocycles. The van der Waals surface area contributed by atoms with E-state index in [1.807, 2.05) is 19.9 Å². The van der Waals surface area contributed by atoms with Crippen molar-refractivity contribution in [1.82, 2.24) is 0 Å². The molecular formula is C18H29NO2. The Morgan fingerprint density at radius 2 is 1.67 bits per heavy atom. The van der Waals surface area contributed by atoms with Gasteiger partial charge in [-0.2, -0.15) is 0 Å². The molecule has 1 aliphatic rings. The molecule has 1 atom stereocenters. The summed E-state index contributed by atoms with van der Waals surface area (Å²) in [4.78, 5) is 0. The zero-order chi connectivity index (χ0) is 15.2. The highest BCUT2D eigenvalue weighted by atomic mass is 16.5. The van der Waals surface area contributed by atoms with Gasteiger partial charge in [0.05, 0.1) is 13.2 Å². The molecule has 1 aromatic carbocycles. The third-order valence-corrected chi connectivity index (χ3v) is 4.52. The Labute approximate surface area is 128 Å². The minimum Gasteiger partial charge on any atom is -0.490 e. The minimum atomic E-state index is 0.104. The van der Waals surface area contributed by atoms with Crippen LogP contribution in [0.3, 0.4) is 0 Å². The molecule has 2 rings (SSSR count). The van der Waals surface area contributed by atoms with Gasteiger partial charge in [-0.15, -0.1) is 0 Å². The molecule has 0 amide bonds. The molecular weight excluding hydrogens is 262 g/mol. The van der Waals surface area contributed by atoms with Crippen LogP contribution in [0, 0.1) is 11.8 Å². The van der Waals surface area contributed by atoms with Crippen LogP contribution >= 0.6 is 0 Å². The van der Waals surface area contributed by atoms with Crippen molar-refractivity contribution in [3.63, 3.8) is 0 Å². The molecule has 0 radical (unpaired) electrons. The van der Waals surface area contributed by atoms with Crippen molar-refractivity contribution in [2.24, 2.45) is 17.6 Å². The van der Waals surface area contributed by atoms with Crippen molar-refractivity contribution in [2.75, 3.05) is 13.2 Å². The second-order valence-corrected chi connectivity index (χ2v) is 6.12. The van der Waals surface area contributed by atoms with Crippen molar-refractivity contribution >= 4 is 0 Å². The highest BCUT2D eigenvalue weighted by Crippen LogP contribution is 2.38. The number of hydrogen-bond donors (Lipinski definition) is 1. The first-order valence-electron chi connectivity index (χ1n) is 8.30. The van der Waals surface area contributed by atoms with Crippen LogP contribution in [0.5, 0.6) is 11.5 Å². The Morgan fingerprint density at radius 1 is 1.05 bits per heavy atom. The first-order valence-corrected chi connectivity index (χ1v) is 8.30. The summed E-state index contributed by atoms with van der Waals surface area (Å²) < 4.78 is 11.3. The largest absolute Gasteiger partial charge is 0.490 e. The SMILES string of the molecule is CCOc1ccc(C(N)C2CCC(C)CC2)cc1OCC. The zero-order valence-electron chi connectivity index (χ0n) is 13.6. The van der Waals surface area contributed by atoms with Crippen LogP contribution in [0.2, 0.25) is 0 Å². The van der Waals surface area contributed by atoms with Crippen LogP contribution < -0.4 is 15.2 Å². The molecule has 3 heteroatoms. The van der Waals surface area contributed by atoms with Gasteiger partial charge in [0.15, 0.2) is 11.5 Å². The quantitative estimate of drug-likeness (QED) is 0.849. The Morgan fingerprint density at radius 3 is 2.29 bits per heavy atom. The van der Waals surface area contributed by atoms with E-state index in [0.717, 1.165) is 17.4 Å². The van der Waals surface area contributed by atoms with Crippen LogP contribution in [-0.4, -0.2) is 13.2 Å². The van der Waals surface area contributed by atoms with Gasteiger partial charge in [-0.05, 0) is 56.2 Å². The van der Waals surface area contributed by atoms with Gasteiger partial charge >= 0.3 is 0 Å². The Kier molecular flexibility index (Phi) is 5.92. The van der Waals surface area contributed by atoms with Crippen LogP contribution in [0.4, 0.5) is 0 Å². The molecule has 1 unspecified atom stereocenters. The molecule has 21 heavy (non-hydrogen) atoms. The first kappa shape index (κ1) is 16.2. The number of ether oxygens (including phenoxy) is 2. The first-order chi connectivity index (χ1) is 10.2. The van der Waals surface area contributed by atoms with Gasteiger partial charge in [0.2, 0.25) is 0 Å². The summed E-state index contributed by atoms with van der Waals surface area (Å²) in [5.74, 6) is 3.07. The lowest BCUT2D eigenvalue weighted by atomic mass is 9.77. The summed E-state index contributed by atoms with van der Waals surface area (Å²) in [5.41, 5.74) is 7.68. The fourth-order valence-corrected chi connectivity index (χ4v) is 3.19. The van der Waals surface area contributed by atoms with E-state index in [4.69, 9.17) is 15.2 Å². The summed E-state index contributed by atoms with van der Waals surface area (Å²) >= 11 is 0. The van der Waals surface area contributed by atoms with Crippen molar-refractivity contribution in [3.8, 4) is 11.5 Å². The predicted octanol–water partition coefficient (Wildman–Crippen LogP) is 4.31. The molecule has 118 valence electrons. The van der Waals surface area contributed by atoms with E-state index in [1.54, 1.807) is 0 Å². The Bertz CT molecular complexity index is 439. The molecule has 0 spiro atoms. The number of hydrogen-bond acceptors (Lipinski definition) is 3. The molecule has 0 aromatic heterocycles. The third-order valence-electron chi connectivity index (χ3n) is 4.52. The Hall–Kier alpha value is -1.22. The summed E-state index contributed by atoms with van der Waals surface area (Å²) in [6, 6.07) is 6.26. The van der Waals surface area contributed by atoms with Gasteiger partial charge in [-0.3, -0.25) is 0 Å². The zero-order valence-corrected chi connectivity index (χ0v) is 13.6. The predicted molar refractivity (Wildman–Crippen MR) is 86.8 cm³/mol. The highest BCUT2D eigenvalue weighted by Gasteiger charge is 2.25. The number of benzene rings is 1. The van der Waals surface area contributed by atoms with Crippen LogP contribution in [0.1, 0.15) is 58.1 Å². The van der Waals surface area contributed by atoms with Gasteiger partial charge in [0.25, 0.3) is 0 Å². The molecule has 0 saturated heterocycles. The molecule has 3 nitrogen and oxygen atoms in total. The van der Waals surface area contributed by atoms with Gasteiger partial charge in [0, 0.05) is 6.04 Å². The van der Waals surface area contributed by atoms with Crippen molar-refractivity contribution in [1.29, 1.82) is 0 Å². The lowest BCUT2D eigenvalue weighted by Gasteiger charge is -2.31. The molecule has 1 aromatic rings. The van der Waals surface area contributed by atoms with Gasteiger partial charge in [-0.1, -0.05) is 25.8 Å². The summed E-state index contributed by atoms with van der Waals surface area (Å²) in [6.07, 6.45) is 5.07. The molecule has 2 N–H and O–H groups in total. The lowest BCUT2D eigenvalue weighted by Crippen LogP contribution is -2.25. The normalized spacial score (nSPS) is 23.6. The monoisotopic (exact) mass is 291 g/mol. The van der Waals surface area contributed by atoms with Crippen LogP contribution in [-0.2, 0) is 0 Å². The van der Waals surface area contributed by atoms with Crippen molar-refractivity contribution < 1.29 is 9.47 Å². The smallest absolute Gasteiger partial charge is 0.161 e. The highest BCUT2D eigenvalue weighted by molar-refractivity contribution is 5.44. The fraction of sp³-hybridized carbons (Fsp3) is 0.667. The van der Waals surface area contributed by atoms with Gasteiger partial charge in [-0.25, -0.2) is 0 Å². The van der Waals surface area contributed by atoms with Crippen molar-refractivity contribution in [2.45, 2.75) is 52.5 Å². The maximum Gasteiger partial charge on any atom is 0.161 e. The average molecular weight is 291 g/mol. The number of nitrogens with two attached hydrogens (primary N) is 1. The topological polar surface area (TPSA) is 44.5 Å². The molecule has 0 heterocycles. The van der Waals surface area contributed by atoms with Crippen LogP contribution in [0.25, 0.3) is 0 Å². The lowest BCUT2D eigenvalue weighted by molar-refractivity contribution is 0.254. The fourth-order valence-electron chi connectivity index (χ4n) is 3.19. The molecule has 1 fully saturated rings. The molecule has 1 aliphatic carbocycles. The van der Waals surface area contributed by atoms with E-state index < -0.39 is 0 Å². The van der Waals surface area contributed by atoms with E-state index >= 15 is 0 Å². The van der Waals surface area contributed by atoms with Crippen LogP contribution in [0.15, 0.2) is 18.2 Å². The van der Waals surface area contributed by atoms with Gasteiger partial charge in [0.1, 0.15) is 0 Å². The van der Waals surface area contributed by atoms with E-state index in [9.17, 15) is 0 Å². The van der Waals surface area contributed by atoms with E-state index in [0.29, 0.717) is 19.1 Å². The summed E-state index contributed by atoms with van der Waals surface area (Å²) in [6.45, 7) is 7.60. The summed E-state index contributed by atoms with van der Waals surface area (Å²) in [7, 11) is 0. The van der Waals surface area contributed by atoms with E-state index in [1.165, 1.54) is 31.2 Å². The molecule has 1 saturated carbocycles. The minimum absolute atomic E-state index is 0.104. The maximum atomic E-state index is 6.51. The standard InChI is InChI=1S/C18H29NO2/c1-4-20-16-11-10-15(12-17(16)21-5-2)18(19)14-8-6-13(3)7-9-14/h10-14,18H,4-9,19H2,1-3H3.